The summed E-state index contributed by atoms with van der Waals surface area (Å²) < 4.78 is 0. The van der Waals surface area contributed by atoms with Crippen LogP contribution >= 0.6 is 0 Å². The monoisotopic (exact) mass is 250 g/mol. The summed E-state index contributed by atoms with van der Waals surface area (Å²) in [5, 5.41) is 54.4. The quantitative estimate of drug-likeness (QED) is 0.260. The molecule has 0 spiro atoms. The first-order chi connectivity index (χ1) is 8.07. The molecule has 0 amide bonds. The van der Waals surface area contributed by atoms with Crippen molar-refractivity contribution < 1.29 is 30.6 Å². The highest BCUT2D eigenvalue weighted by Crippen LogP contribution is 2.23. The summed E-state index contributed by atoms with van der Waals surface area (Å²) in [7, 11) is 0. The summed E-state index contributed by atoms with van der Waals surface area (Å²) in [5.74, 6) is 0. The first-order valence-electron chi connectivity index (χ1n) is 5.40. The lowest BCUT2D eigenvalue weighted by molar-refractivity contribution is 0.00709. The Morgan fingerprint density at radius 2 is 1.06 bits per heavy atom. The second kappa shape index (κ2) is 7.75. The molecule has 0 bridgehead atoms. The lowest BCUT2D eigenvalue weighted by Crippen LogP contribution is -2.34. The molecule has 0 heterocycles. The zero-order valence-electron chi connectivity index (χ0n) is 9.79. The highest BCUT2D eigenvalue weighted by molar-refractivity contribution is 5.02. The maximum Gasteiger partial charge on any atom is 0.0576 e. The van der Waals surface area contributed by atoms with Gasteiger partial charge in [0.05, 0.1) is 45.1 Å². The van der Waals surface area contributed by atoms with E-state index in [1.54, 1.807) is 0 Å². The van der Waals surface area contributed by atoms with Crippen LogP contribution in [0, 0.1) is 10.8 Å². The van der Waals surface area contributed by atoms with Crippen LogP contribution in [0.3, 0.4) is 0 Å². The van der Waals surface area contributed by atoms with Crippen molar-refractivity contribution in [3.05, 3.63) is 12.2 Å². The van der Waals surface area contributed by atoms with Gasteiger partial charge in [0.1, 0.15) is 0 Å². The van der Waals surface area contributed by atoms with Crippen LogP contribution < -0.4 is 0 Å². The van der Waals surface area contributed by atoms with Gasteiger partial charge in [0.15, 0.2) is 0 Å². The van der Waals surface area contributed by atoms with Gasteiger partial charge >= 0.3 is 0 Å². The molecule has 17 heavy (non-hydrogen) atoms. The molecule has 0 saturated heterocycles. The van der Waals surface area contributed by atoms with E-state index in [1.165, 1.54) is 12.2 Å². The Labute approximate surface area is 100 Å². The van der Waals surface area contributed by atoms with Crippen molar-refractivity contribution in [3.63, 3.8) is 0 Å². The summed E-state index contributed by atoms with van der Waals surface area (Å²) in [5.41, 5.74) is -2.14. The van der Waals surface area contributed by atoms with Gasteiger partial charge in [-0.25, -0.2) is 0 Å². The van der Waals surface area contributed by atoms with Crippen molar-refractivity contribution in [1.82, 2.24) is 0 Å². The van der Waals surface area contributed by atoms with Gasteiger partial charge in [0, 0.05) is 5.41 Å². The Morgan fingerprint density at radius 1 is 0.647 bits per heavy atom. The standard InChI is InChI=1S/C11H22O6/c12-4-10(5-13,6-14)2-1-3-11(7-15,8-16)9-17/h1-2,12-17H,3-9H2/b2-1+. The molecular formula is C11H22O6. The largest absolute Gasteiger partial charge is 0.396 e. The molecule has 0 aromatic rings. The fourth-order valence-corrected chi connectivity index (χ4v) is 1.21. The Bertz CT molecular complexity index is 203. The highest BCUT2D eigenvalue weighted by atomic mass is 16.3. The Morgan fingerprint density at radius 3 is 1.35 bits per heavy atom. The lowest BCUT2D eigenvalue weighted by atomic mass is 9.84. The van der Waals surface area contributed by atoms with Crippen LogP contribution in [-0.4, -0.2) is 70.3 Å². The van der Waals surface area contributed by atoms with E-state index in [0.717, 1.165) is 0 Å². The number of allylic oxidation sites excluding steroid dienone is 1. The molecule has 0 aromatic heterocycles. The number of rotatable bonds is 9. The molecule has 0 aliphatic heterocycles. The Kier molecular flexibility index (Phi) is 7.53. The zero-order valence-corrected chi connectivity index (χ0v) is 9.79. The molecule has 102 valence electrons. The molecule has 0 atom stereocenters. The molecule has 0 aromatic carbocycles. The van der Waals surface area contributed by atoms with Crippen molar-refractivity contribution in [2.45, 2.75) is 6.42 Å². The van der Waals surface area contributed by atoms with Crippen molar-refractivity contribution in [2.75, 3.05) is 39.6 Å². The minimum Gasteiger partial charge on any atom is -0.396 e. The van der Waals surface area contributed by atoms with Gasteiger partial charge in [-0.1, -0.05) is 12.2 Å². The van der Waals surface area contributed by atoms with E-state index in [4.69, 9.17) is 30.6 Å². The number of aliphatic hydroxyl groups excluding tert-OH is 6. The van der Waals surface area contributed by atoms with Crippen molar-refractivity contribution in [3.8, 4) is 0 Å². The van der Waals surface area contributed by atoms with Gasteiger partial charge in [-0.2, -0.15) is 0 Å². The number of aliphatic hydroxyl groups is 6. The van der Waals surface area contributed by atoms with E-state index in [2.05, 4.69) is 0 Å². The van der Waals surface area contributed by atoms with Gasteiger partial charge in [-0.3, -0.25) is 0 Å². The summed E-state index contributed by atoms with van der Waals surface area (Å²) in [4.78, 5) is 0. The van der Waals surface area contributed by atoms with E-state index < -0.39 is 30.7 Å². The first-order valence-corrected chi connectivity index (χ1v) is 5.40. The fraction of sp³-hybridized carbons (Fsp3) is 0.818. The molecular weight excluding hydrogens is 228 g/mol. The molecule has 6 nitrogen and oxygen atoms in total. The Balaban J connectivity index is 4.61. The summed E-state index contributed by atoms with van der Waals surface area (Å²) in [6, 6.07) is 0. The van der Waals surface area contributed by atoms with Crippen molar-refractivity contribution >= 4 is 0 Å². The van der Waals surface area contributed by atoms with Crippen LogP contribution in [-0.2, 0) is 0 Å². The molecule has 0 unspecified atom stereocenters. The lowest BCUT2D eigenvalue weighted by Gasteiger charge is -2.27. The minimum absolute atomic E-state index is 0.179. The summed E-state index contributed by atoms with van der Waals surface area (Å²) in [6.07, 6.45) is 3.13. The van der Waals surface area contributed by atoms with Gasteiger partial charge in [0.25, 0.3) is 0 Å². The van der Waals surface area contributed by atoms with Crippen molar-refractivity contribution in [2.24, 2.45) is 10.8 Å². The van der Waals surface area contributed by atoms with Crippen LogP contribution in [0.15, 0.2) is 12.2 Å². The topological polar surface area (TPSA) is 121 Å². The van der Waals surface area contributed by atoms with Crippen LogP contribution in [0.2, 0.25) is 0 Å². The fourth-order valence-electron chi connectivity index (χ4n) is 1.21. The number of hydrogen-bond acceptors (Lipinski definition) is 6. The third-order valence-electron chi connectivity index (χ3n) is 2.97. The molecule has 0 fully saturated rings. The van der Waals surface area contributed by atoms with Crippen LogP contribution in [0.4, 0.5) is 0 Å². The predicted octanol–water partition coefficient (Wildman–Crippen LogP) is -2.14. The maximum absolute atomic E-state index is 9.08. The third-order valence-corrected chi connectivity index (χ3v) is 2.97. The second-order valence-corrected chi connectivity index (χ2v) is 4.42. The second-order valence-electron chi connectivity index (χ2n) is 4.42. The van der Waals surface area contributed by atoms with E-state index >= 15 is 0 Å². The zero-order chi connectivity index (χ0) is 13.4. The molecule has 6 heteroatoms. The maximum atomic E-state index is 9.08. The highest BCUT2D eigenvalue weighted by Gasteiger charge is 2.28. The smallest absolute Gasteiger partial charge is 0.0576 e. The molecule has 0 saturated carbocycles. The van der Waals surface area contributed by atoms with E-state index in [1.807, 2.05) is 0 Å². The summed E-state index contributed by atoms with van der Waals surface area (Å²) >= 11 is 0. The third kappa shape index (κ3) is 4.34. The van der Waals surface area contributed by atoms with Crippen LogP contribution in [0.25, 0.3) is 0 Å². The van der Waals surface area contributed by atoms with Crippen LogP contribution in [0.1, 0.15) is 6.42 Å². The van der Waals surface area contributed by atoms with Gasteiger partial charge < -0.3 is 30.6 Å². The van der Waals surface area contributed by atoms with E-state index in [-0.39, 0.29) is 26.2 Å². The number of hydrogen-bond donors (Lipinski definition) is 6. The normalized spacial score (nSPS) is 13.5. The van der Waals surface area contributed by atoms with E-state index in [9.17, 15) is 0 Å². The van der Waals surface area contributed by atoms with Gasteiger partial charge in [-0.15, -0.1) is 0 Å². The van der Waals surface area contributed by atoms with Crippen LogP contribution in [0.5, 0.6) is 0 Å². The molecule has 0 rings (SSSR count). The van der Waals surface area contributed by atoms with Gasteiger partial charge in [-0.05, 0) is 6.42 Å². The average Bonchev–Trinajstić information content (AvgIpc) is 2.41. The molecule has 6 N–H and O–H groups in total. The summed E-state index contributed by atoms with van der Waals surface area (Å²) in [6.45, 7) is -2.39. The average molecular weight is 250 g/mol. The molecule has 0 radical (unpaired) electrons. The SMILES string of the molecule is OCC(/C=C/CC(CO)(CO)CO)(CO)CO. The molecule has 0 aliphatic rings. The first kappa shape index (κ1) is 16.5. The van der Waals surface area contributed by atoms with Gasteiger partial charge in [0.2, 0.25) is 0 Å². The predicted molar refractivity (Wildman–Crippen MR) is 61.1 cm³/mol. The van der Waals surface area contributed by atoms with Crippen molar-refractivity contribution in [1.29, 1.82) is 0 Å². The molecule has 0 aliphatic carbocycles. The Hall–Kier alpha value is -0.500. The minimum atomic E-state index is -1.12. The van der Waals surface area contributed by atoms with E-state index in [0.29, 0.717) is 0 Å².